The molecule has 44 heavy (non-hydrogen) atoms. The summed E-state index contributed by atoms with van der Waals surface area (Å²) in [6.45, 7) is 12.5. The van der Waals surface area contributed by atoms with E-state index in [1.165, 1.54) is 6.33 Å². The molecule has 0 radical (unpaired) electrons. The summed E-state index contributed by atoms with van der Waals surface area (Å²) < 4.78 is 33.0. The molecule has 11 nitrogen and oxygen atoms in total. The molecule has 3 aliphatic rings. The first-order valence-electron chi connectivity index (χ1n) is 16.0. The van der Waals surface area contributed by atoms with Gasteiger partial charge in [0.2, 0.25) is 10.0 Å². The van der Waals surface area contributed by atoms with E-state index in [4.69, 9.17) is 4.74 Å². The van der Waals surface area contributed by atoms with E-state index < -0.39 is 15.6 Å². The number of aliphatic hydroxyl groups is 1. The molecule has 1 spiro atoms. The second-order valence-corrected chi connectivity index (χ2v) is 15.2. The third kappa shape index (κ3) is 7.35. The first kappa shape index (κ1) is 32.6. The van der Waals surface area contributed by atoms with E-state index in [1.54, 1.807) is 19.2 Å². The minimum absolute atomic E-state index is 0.0648. The molecule has 2 saturated heterocycles. The summed E-state index contributed by atoms with van der Waals surface area (Å²) in [5.41, 5.74) is -0.0504. The van der Waals surface area contributed by atoms with Crippen molar-refractivity contribution in [3.05, 3.63) is 42.4 Å². The Balaban J connectivity index is 1.16. The van der Waals surface area contributed by atoms with Gasteiger partial charge in [-0.05, 0) is 91.4 Å². The smallest absolute Gasteiger partial charge is 0.257 e. The van der Waals surface area contributed by atoms with Crippen LogP contribution in [0, 0.1) is 5.41 Å². The number of rotatable bonds is 11. The minimum Gasteiger partial charge on any atom is -0.451 e. The number of para-hydroxylation sites is 1. The predicted molar refractivity (Wildman–Crippen MR) is 171 cm³/mol. The molecule has 3 heterocycles. The lowest BCUT2D eigenvalue weighted by Gasteiger charge is -2.55. The van der Waals surface area contributed by atoms with Crippen molar-refractivity contribution < 1.29 is 23.1 Å². The van der Waals surface area contributed by atoms with Gasteiger partial charge in [-0.2, -0.15) is 0 Å². The number of nitrogens with one attached hydrogen (secondary N) is 1. The van der Waals surface area contributed by atoms with E-state index in [0.717, 1.165) is 44.8 Å². The summed E-state index contributed by atoms with van der Waals surface area (Å²) in [5.74, 6) is 1.77. The molecule has 1 saturated carbocycles. The highest BCUT2D eigenvalue weighted by atomic mass is 32.2. The fraction of sp³-hybridized carbons (Fsp3) is 0.656. The number of nitrogens with zero attached hydrogens (tertiary/aromatic N) is 5. The monoisotopic (exact) mass is 628 g/mol. The van der Waals surface area contributed by atoms with Gasteiger partial charge in [0.15, 0.2) is 11.6 Å². The number of carbonyl (C=O) groups excluding carboxylic acids is 1. The Morgan fingerprint density at radius 3 is 2.43 bits per heavy atom. The molecule has 0 bridgehead atoms. The van der Waals surface area contributed by atoms with E-state index in [9.17, 15) is 18.3 Å². The van der Waals surface area contributed by atoms with Crippen molar-refractivity contribution in [2.24, 2.45) is 5.41 Å². The van der Waals surface area contributed by atoms with Crippen LogP contribution < -0.4 is 14.4 Å². The van der Waals surface area contributed by atoms with Crippen LogP contribution >= 0.6 is 0 Å². The Morgan fingerprint density at radius 1 is 1.11 bits per heavy atom. The molecule has 12 heteroatoms. The summed E-state index contributed by atoms with van der Waals surface area (Å²) in [6.07, 6.45) is 7.83. The first-order chi connectivity index (χ1) is 21.0. The van der Waals surface area contributed by atoms with Crippen LogP contribution in [0.4, 0.5) is 5.82 Å². The summed E-state index contributed by atoms with van der Waals surface area (Å²) in [7, 11) is -3.23. The van der Waals surface area contributed by atoms with Crippen LogP contribution in [-0.4, -0.2) is 102 Å². The zero-order valence-corrected chi connectivity index (χ0v) is 27.4. The van der Waals surface area contributed by atoms with Gasteiger partial charge in [-0.25, -0.2) is 23.1 Å². The van der Waals surface area contributed by atoms with Crippen molar-refractivity contribution in [2.75, 3.05) is 49.9 Å². The molecule has 0 unspecified atom stereocenters. The van der Waals surface area contributed by atoms with Gasteiger partial charge in [-0.15, -0.1) is 0 Å². The highest BCUT2D eigenvalue weighted by molar-refractivity contribution is 7.89. The lowest BCUT2D eigenvalue weighted by molar-refractivity contribution is -0.0455. The van der Waals surface area contributed by atoms with Crippen molar-refractivity contribution in [1.82, 2.24) is 24.5 Å². The zero-order valence-electron chi connectivity index (χ0n) is 26.5. The number of hydrogen-bond donors (Lipinski definition) is 2. The molecule has 2 N–H and O–H groups in total. The topological polar surface area (TPSA) is 128 Å². The molecule has 0 atom stereocenters. The van der Waals surface area contributed by atoms with Gasteiger partial charge in [-0.3, -0.25) is 4.79 Å². The summed E-state index contributed by atoms with van der Waals surface area (Å²) >= 11 is 0. The van der Waals surface area contributed by atoms with Crippen LogP contribution in [0.1, 0.15) is 76.6 Å². The van der Waals surface area contributed by atoms with Crippen LogP contribution in [0.3, 0.4) is 0 Å². The molecule has 1 aliphatic carbocycles. The Bertz CT molecular complexity index is 1400. The van der Waals surface area contributed by atoms with Gasteiger partial charge in [0, 0.05) is 43.7 Å². The van der Waals surface area contributed by atoms with Crippen LogP contribution in [0.2, 0.25) is 0 Å². The highest BCUT2D eigenvalue weighted by Gasteiger charge is 2.47. The Kier molecular flexibility index (Phi) is 9.84. The maximum Gasteiger partial charge on any atom is 0.257 e. The number of ether oxygens (including phenoxy) is 1. The van der Waals surface area contributed by atoms with E-state index in [2.05, 4.69) is 24.5 Å². The van der Waals surface area contributed by atoms with Crippen LogP contribution in [0.25, 0.3) is 0 Å². The SMILES string of the molecule is CCN(C(=O)c1ccccc1Oc1cncnc1N1CC2(CCN(CC3(O)CCC(NS(=O)(=O)CC)CC3)CC2)C1)C(C)C. The van der Waals surface area contributed by atoms with E-state index >= 15 is 0 Å². The molecule has 1 aromatic carbocycles. The van der Waals surface area contributed by atoms with Crippen LogP contribution in [0.5, 0.6) is 11.5 Å². The van der Waals surface area contributed by atoms with E-state index in [-0.39, 0.29) is 29.2 Å². The average Bonchev–Trinajstić information content (AvgIpc) is 2.98. The number of sulfonamides is 1. The molecule has 2 aliphatic heterocycles. The second-order valence-electron chi connectivity index (χ2n) is 13.1. The minimum atomic E-state index is -3.23. The normalized spacial score (nSPS) is 23.9. The van der Waals surface area contributed by atoms with Crippen molar-refractivity contribution in [3.63, 3.8) is 0 Å². The van der Waals surface area contributed by atoms with Gasteiger partial charge in [0.05, 0.1) is 23.1 Å². The Morgan fingerprint density at radius 2 is 1.80 bits per heavy atom. The molecule has 1 amide bonds. The Labute approximate surface area is 262 Å². The highest BCUT2D eigenvalue weighted by Crippen LogP contribution is 2.45. The number of likely N-dealkylation sites (tertiary alicyclic amines) is 1. The molecule has 5 rings (SSSR count). The largest absolute Gasteiger partial charge is 0.451 e. The van der Waals surface area contributed by atoms with Gasteiger partial charge in [0.1, 0.15) is 12.1 Å². The van der Waals surface area contributed by atoms with Gasteiger partial charge in [0.25, 0.3) is 5.91 Å². The number of anilines is 1. The van der Waals surface area contributed by atoms with Crippen molar-refractivity contribution in [2.45, 2.75) is 83.9 Å². The molecular formula is C32H48N6O5S. The van der Waals surface area contributed by atoms with Gasteiger partial charge in [-0.1, -0.05) is 12.1 Å². The second kappa shape index (κ2) is 13.3. The summed E-state index contributed by atoms with van der Waals surface area (Å²) in [6, 6.07) is 7.32. The third-order valence-electron chi connectivity index (χ3n) is 9.65. The van der Waals surface area contributed by atoms with Crippen LogP contribution in [0.15, 0.2) is 36.8 Å². The standard InChI is InChI=1S/C32H48N6O5S/c1-5-38(24(3)4)30(39)26-9-7-8-10-27(26)43-28-19-33-23-34-29(28)37-20-31(21-37)15-17-36(18-16-31)22-32(40)13-11-25(12-14-32)35-44(41,42)6-2/h7-10,19,23-25,35,40H,5-6,11-18,20-22H2,1-4H3. The number of aromatic nitrogens is 2. The molecule has 242 valence electrons. The predicted octanol–water partition coefficient (Wildman–Crippen LogP) is 3.65. The average molecular weight is 629 g/mol. The zero-order chi connectivity index (χ0) is 31.5. The number of benzene rings is 1. The van der Waals surface area contributed by atoms with Crippen molar-refractivity contribution >= 4 is 21.7 Å². The van der Waals surface area contributed by atoms with Gasteiger partial charge < -0.3 is 24.5 Å². The molecule has 2 aromatic rings. The maximum absolute atomic E-state index is 13.3. The Hall–Kier alpha value is -2.80. The van der Waals surface area contributed by atoms with E-state index in [0.29, 0.717) is 55.8 Å². The molecular weight excluding hydrogens is 580 g/mol. The lowest BCUT2D eigenvalue weighted by Crippen LogP contribution is -2.61. The third-order valence-corrected chi connectivity index (χ3v) is 11.1. The fourth-order valence-electron chi connectivity index (χ4n) is 6.97. The van der Waals surface area contributed by atoms with Crippen molar-refractivity contribution in [1.29, 1.82) is 0 Å². The van der Waals surface area contributed by atoms with Crippen LogP contribution in [-0.2, 0) is 10.0 Å². The number of hydrogen-bond acceptors (Lipinski definition) is 9. The van der Waals surface area contributed by atoms with E-state index in [1.807, 2.05) is 43.9 Å². The fourth-order valence-corrected chi connectivity index (χ4v) is 7.88. The first-order valence-corrected chi connectivity index (χ1v) is 17.7. The molecule has 3 fully saturated rings. The lowest BCUT2D eigenvalue weighted by atomic mass is 9.71. The van der Waals surface area contributed by atoms with Crippen molar-refractivity contribution in [3.8, 4) is 11.5 Å². The summed E-state index contributed by atoms with van der Waals surface area (Å²) in [5, 5.41) is 11.3. The number of amides is 1. The number of β-amino-alcohol motifs (C(OH)–C–C–N with tert-alkyl or cyclic N) is 1. The quantitative estimate of drug-likeness (QED) is 0.383. The summed E-state index contributed by atoms with van der Waals surface area (Å²) in [4.78, 5) is 28.5. The molecule has 1 aromatic heterocycles. The van der Waals surface area contributed by atoms with Gasteiger partial charge >= 0.3 is 0 Å². The number of carbonyl (C=O) groups is 1. The maximum atomic E-state index is 13.3. The number of piperidine rings is 1.